The normalized spacial score (nSPS) is 21.6. The number of aliphatic carboxylic acids is 2. The van der Waals surface area contributed by atoms with Gasteiger partial charge in [-0.15, -0.1) is 0 Å². The monoisotopic (exact) mass is 569 g/mol. The molecule has 0 bridgehead atoms. The third kappa shape index (κ3) is 12.0. The fourth-order valence-corrected chi connectivity index (χ4v) is 4.02. The van der Waals surface area contributed by atoms with Gasteiger partial charge in [0, 0.05) is 45.1 Å². The molecule has 3 heterocycles. The first kappa shape index (κ1) is 32.5. The number of pyridine rings is 1. The van der Waals surface area contributed by atoms with Gasteiger partial charge in [0.05, 0.1) is 26.1 Å². The van der Waals surface area contributed by atoms with Crippen molar-refractivity contribution in [3.8, 4) is 0 Å². The number of aromatic nitrogens is 1. The first-order valence-corrected chi connectivity index (χ1v) is 12.1. The van der Waals surface area contributed by atoms with Crippen LogP contribution >= 0.6 is 0 Å². The van der Waals surface area contributed by atoms with Crippen LogP contribution in [0.2, 0.25) is 0 Å². The number of morpholine rings is 1. The largest absolute Gasteiger partial charge is 0.490 e. The summed E-state index contributed by atoms with van der Waals surface area (Å²) in [6.07, 6.45) is -5.36. The number of hydrogen-bond donors (Lipinski definition) is 2. The van der Waals surface area contributed by atoms with E-state index >= 15 is 0 Å². The molecule has 212 valence electrons. The third-order valence-electron chi connectivity index (χ3n) is 4.75. The second kappa shape index (κ2) is 13.3. The first-order chi connectivity index (χ1) is 16.9. The van der Waals surface area contributed by atoms with Gasteiger partial charge < -0.3 is 19.7 Å². The zero-order chi connectivity index (χ0) is 28.5. The second-order valence-electron chi connectivity index (χ2n) is 7.85. The van der Waals surface area contributed by atoms with E-state index in [-0.39, 0.29) is 0 Å². The quantitative estimate of drug-likeness (QED) is 0.510. The SMILES string of the molecule is CS(=O)(=O)N1CCOC2(COCCN(Cc3ccncc3)C2)C1.O=C(O)C(F)(F)F.O=C(O)C(F)(F)F. The molecule has 1 atom stereocenters. The topological polar surface area (TPSA) is 147 Å². The van der Waals surface area contributed by atoms with Crippen molar-refractivity contribution < 1.29 is 64.0 Å². The number of hydrogen-bond acceptors (Lipinski definition) is 8. The van der Waals surface area contributed by atoms with Crippen molar-refractivity contribution in [3.05, 3.63) is 30.1 Å². The number of halogens is 6. The Balaban J connectivity index is 0.000000404. The Kier molecular flexibility index (Phi) is 11.7. The fourth-order valence-electron chi connectivity index (χ4n) is 3.14. The number of carboxylic acids is 2. The molecule has 1 unspecified atom stereocenters. The van der Waals surface area contributed by atoms with E-state index in [1.165, 1.54) is 16.1 Å². The van der Waals surface area contributed by atoms with Crippen LogP contribution < -0.4 is 0 Å². The number of carboxylic acid groups (broad SMARTS) is 2. The minimum absolute atomic E-state index is 0.346. The smallest absolute Gasteiger partial charge is 0.475 e. The molecule has 3 rings (SSSR count). The summed E-state index contributed by atoms with van der Waals surface area (Å²) < 4.78 is 100. The predicted octanol–water partition coefficient (Wildman–Crippen LogP) is 1.21. The molecule has 18 heteroatoms. The lowest BCUT2D eigenvalue weighted by Gasteiger charge is -2.42. The van der Waals surface area contributed by atoms with Gasteiger partial charge in [0.1, 0.15) is 5.60 Å². The highest BCUT2D eigenvalue weighted by molar-refractivity contribution is 7.88. The molecule has 0 aliphatic carbocycles. The number of carbonyl (C=O) groups is 2. The summed E-state index contributed by atoms with van der Waals surface area (Å²) in [7, 11) is -3.22. The zero-order valence-corrected chi connectivity index (χ0v) is 20.1. The fraction of sp³-hybridized carbons (Fsp3) is 0.632. The summed E-state index contributed by atoms with van der Waals surface area (Å²) in [5.74, 6) is -5.51. The van der Waals surface area contributed by atoms with Gasteiger partial charge in [-0.05, 0) is 17.7 Å². The Hall–Kier alpha value is -2.54. The van der Waals surface area contributed by atoms with E-state index in [1.807, 2.05) is 12.1 Å². The summed E-state index contributed by atoms with van der Waals surface area (Å²) in [4.78, 5) is 24.1. The predicted molar refractivity (Wildman–Crippen MR) is 113 cm³/mol. The summed E-state index contributed by atoms with van der Waals surface area (Å²) >= 11 is 0. The van der Waals surface area contributed by atoms with Gasteiger partial charge in [-0.1, -0.05) is 0 Å². The van der Waals surface area contributed by atoms with Crippen LogP contribution in [-0.4, -0.2) is 115 Å². The Morgan fingerprint density at radius 2 is 1.51 bits per heavy atom. The zero-order valence-electron chi connectivity index (χ0n) is 19.3. The standard InChI is InChI=1S/C15H23N3O4S.2C2HF3O2/c1-23(19,20)18-7-9-22-15(12-18)11-17(6-8-21-13-15)10-14-2-4-16-5-3-14;2*3-2(4,5)1(6)7/h2-5H,6-13H2,1H3;2*(H,6,7). The van der Waals surface area contributed by atoms with Crippen LogP contribution in [-0.2, 0) is 35.6 Å². The highest BCUT2D eigenvalue weighted by Gasteiger charge is 2.42. The lowest BCUT2D eigenvalue weighted by molar-refractivity contribution is -0.193. The minimum Gasteiger partial charge on any atom is -0.475 e. The number of sulfonamides is 1. The molecule has 1 aromatic rings. The van der Waals surface area contributed by atoms with Gasteiger partial charge in [-0.2, -0.15) is 30.6 Å². The van der Waals surface area contributed by atoms with Gasteiger partial charge in [0.15, 0.2) is 0 Å². The van der Waals surface area contributed by atoms with Crippen LogP contribution in [0.1, 0.15) is 5.56 Å². The molecule has 2 aliphatic rings. The molecule has 1 aromatic heterocycles. The van der Waals surface area contributed by atoms with Crippen LogP contribution in [0.4, 0.5) is 26.3 Å². The average molecular weight is 569 g/mol. The maximum Gasteiger partial charge on any atom is 0.490 e. The van der Waals surface area contributed by atoms with Crippen LogP contribution in [0.5, 0.6) is 0 Å². The highest BCUT2D eigenvalue weighted by Crippen LogP contribution is 2.25. The molecule has 2 saturated heterocycles. The number of ether oxygens (including phenoxy) is 2. The van der Waals surface area contributed by atoms with Crippen molar-refractivity contribution in [2.24, 2.45) is 0 Å². The minimum atomic E-state index is -5.08. The summed E-state index contributed by atoms with van der Waals surface area (Å²) in [6, 6.07) is 3.98. The maximum absolute atomic E-state index is 11.9. The number of nitrogens with zero attached hydrogens (tertiary/aromatic N) is 3. The van der Waals surface area contributed by atoms with Crippen LogP contribution in [0.15, 0.2) is 24.5 Å². The van der Waals surface area contributed by atoms with Crippen molar-refractivity contribution in [1.29, 1.82) is 0 Å². The Bertz CT molecular complexity index is 970. The van der Waals surface area contributed by atoms with E-state index in [1.54, 1.807) is 12.4 Å². The Morgan fingerprint density at radius 1 is 1.00 bits per heavy atom. The lowest BCUT2D eigenvalue weighted by atomic mass is 10.0. The average Bonchev–Trinajstić information content (AvgIpc) is 2.95. The lowest BCUT2D eigenvalue weighted by Crippen LogP contribution is -2.59. The molecule has 0 aromatic carbocycles. The summed E-state index contributed by atoms with van der Waals surface area (Å²) in [6.45, 7) is 4.42. The molecule has 11 nitrogen and oxygen atoms in total. The van der Waals surface area contributed by atoms with E-state index in [4.69, 9.17) is 29.3 Å². The maximum atomic E-state index is 11.9. The van der Waals surface area contributed by atoms with E-state index < -0.39 is 39.9 Å². The van der Waals surface area contributed by atoms with Gasteiger partial charge in [-0.25, -0.2) is 18.0 Å². The molecule has 0 amide bonds. The van der Waals surface area contributed by atoms with Gasteiger partial charge in [0.2, 0.25) is 10.0 Å². The van der Waals surface area contributed by atoms with Crippen molar-refractivity contribution in [1.82, 2.24) is 14.2 Å². The van der Waals surface area contributed by atoms with Crippen molar-refractivity contribution >= 4 is 22.0 Å². The van der Waals surface area contributed by atoms with Crippen molar-refractivity contribution in [2.75, 3.05) is 52.3 Å². The van der Waals surface area contributed by atoms with Gasteiger partial charge in [-0.3, -0.25) is 9.88 Å². The molecule has 0 radical (unpaired) electrons. The molecular formula is C19H25F6N3O8S. The number of rotatable bonds is 3. The molecule has 2 aliphatic heterocycles. The van der Waals surface area contributed by atoms with E-state index in [0.717, 1.165) is 13.1 Å². The van der Waals surface area contributed by atoms with Crippen LogP contribution in [0.25, 0.3) is 0 Å². The molecule has 2 fully saturated rings. The Morgan fingerprint density at radius 3 is 1.97 bits per heavy atom. The molecule has 2 N–H and O–H groups in total. The third-order valence-corrected chi connectivity index (χ3v) is 6.00. The van der Waals surface area contributed by atoms with Crippen LogP contribution in [0.3, 0.4) is 0 Å². The van der Waals surface area contributed by atoms with Crippen molar-refractivity contribution in [2.45, 2.75) is 24.5 Å². The molecule has 1 spiro atoms. The van der Waals surface area contributed by atoms with E-state index in [9.17, 15) is 34.8 Å². The summed E-state index contributed by atoms with van der Waals surface area (Å²) in [5.41, 5.74) is 0.582. The molecule has 37 heavy (non-hydrogen) atoms. The number of alkyl halides is 6. The molecule has 0 saturated carbocycles. The molecular weight excluding hydrogens is 544 g/mol. The Labute approximate surface area is 207 Å². The van der Waals surface area contributed by atoms with Crippen molar-refractivity contribution in [3.63, 3.8) is 0 Å². The highest BCUT2D eigenvalue weighted by atomic mass is 32.2. The first-order valence-electron chi connectivity index (χ1n) is 10.2. The second-order valence-corrected chi connectivity index (χ2v) is 9.83. The van der Waals surface area contributed by atoms with Gasteiger partial charge >= 0.3 is 24.3 Å². The van der Waals surface area contributed by atoms with Crippen LogP contribution in [0, 0.1) is 0 Å². The van der Waals surface area contributed by atoms with E-state index in [0.29, 0.717) is 39.5 Å². The van der Waals surface area contributed by atoms with Gasteiger partial charge in [0.25, 0.3) is 0 Å². The summed E-state index contributed by atoms with van der Waals surface area (Å²) in [5, 5.41) is 14.2. The van der Waals surface area contributed by atoms with E-state index in [2.05, 4.69) is 9.88 Å².